The molecule has 2 N–H and O–H groups in total. The standard InChI is InChI=1S/C18H32O4/c1-2-3-11-14-17(22-21)15-12-9-7-5-4-6-8-10-13-16-18(19)20/h7,9,12,15,17,21H,2-6,8,10-11,13-14,16H2,1H3,(H,19,20)/b9-7+,15-12+. The largest absolute Gasteiger partial charge is 0.481 e. The number of carbonyl (C=O) groups is 1. The number of hydrogen-bond donors (Lipinski definition) is 2. The van der Waals surface area contributed by atoms with Crippen LogP contribution in [0.25, 0.3) is 0 Å². The molecule has 22 heavy (non-hydrogen) atoms. The molecule has 0 saturated carbocycles. The summed E-state index contributed by atoms with van der Waals surface area (Å²) < 4.78 is 0. The highest BCUT2D eigenvalue weighted by molar-refractivity contribution is 5.66. The SMILES string of the molecule is CCCCCC(/C=C/C=C/CCCCCCCC(=O)O)OO. The maximum absolute atomic E-state index is 10.3. The molecule has 0 saturated heterocycles. The minimum Gasteiger partial charge on any atom is -0.481 e. The van der Waals surface area contributed by atoms with Gasteiger partial charge < -0.3 is 5.11 Å². The number of rotatable bonds is 15. The zero-order valence-corrected chi connectivity index (χ0v) is 13.9. The summed E-state index contributed by atoms with van der Waals surface area (Å²) in [5.74, 6) is -0.699. The lowest BCUT2D eigenvalue weighted by Gasteiger charge is -2.07. The minimum absolute atomic E-state index is 0.203. The average molecular weight is 312 g/mol. The van der Waals surface area contributed by atoms with Crippen LogP contribution in [0.4, 0.5) is 0 Å². The first-order valence-corrected chi connectivity index (χ1v) is 8.56. The van der Waals surface area contributed by atoms with Crippen LogP contribution in [0, 0.1) is 0 Å². The lowest BCUT2D eigenvalue weighted by Crippen LogP contribution is -2.06. The molecular weight excluding hydrogens is 280 g/mol. The maximum Gasteiger partial charge on any atom is 0.303 e. The van der Waals surface area contributed by atoms with Crippen molar-refractivity contribution in [3.05, 3.63) is 24.3 Å². The Morgan fingerprint density at radius 3 is 2.45 bits per heavy atom. The monoisotopic (exact) mass is 312 g/mol. The number of carboxylic acids is 1. The van der Waals surface area contributed by atoms with Crippen molar-refractivity contribution in [2.24, 2.45) is 0 Å². The molecule has 0 spiro atoms. The van der Waals surface area contributed by atoms with Gasteiger partial charge in [0, 0.05) is 6.42 Å². The van der Waals surface area contributed by atoms with Crippen LogP contribution < -0.4 is 0 Å². The fourth-order valence-electron chi connectivity index (χ4n) is 2.21. The van der Waals surface area contributed by atoms with E-state index >= 15 is 0 Å². The second-order valence-electron chi connectivity index (χ2n) is 5.65. The van der Waals surface area contributed by atoms with Gasteiger partial charge in [0.25, 0.3) is 0 Å². The van der Waals surface area contributed by atoms with E-state index in [2.05, 4.69) is 17.9 Å². The fourth-order valence-corrected chi connectivity index (χ4v) is 2.21. The van der Waals surface area contributed by atoms with Crippen molar-refractivity contribution in [2.45, 2.75) is 83.7 Å². The maximum atomic E-state index is 10.3. The Bertz CT molecular complexity index is 310. The van der Waals surface area contributed by atoms with Gasteiger partial charge in [-0.1, -0.05) is 69.8 Å². The highest BCUT2D eigenvalue weighted by Gasteiger charge is 2.02. The van der Waals surface area contributed by atoms with Crippen LogP contribution in [0.2, 0.25) is 0 Å². The van der Waals surface area contributed by atoms with Gasteiger partial charge in [0.05, 0.1) is 0 Å². The topological polar surface area (TPSA) is 66.8 Å². The van der Waals surface area contributed by atoms with Crippen LogP contribution in [0.1, 0.15) is 77.6 Å². The van der Waals surface area contributed by atoms with E-state index in [9.17, 15) is 4.79 Å². The summed E-state index contributed by atoms with van der Waals surface area (Å²) in [6.45, 7) is 2.15. The van der Waals surface area contributed by atoms with Gasteiger partial charge in [0.1, 0.15) is 6.10 Å². The minimum atomic E-state index is -0.699. The van der Waals surface area contributed by atoms with Crippen LogP contribution in [0.15, 0.2) is 24.3 Å². The Balaban J connectivity index is 3.51. The molecular formula is C18H32O4. The molecule has 0 aliphatic heterocycles. The molecule has 0 heterocycles. The molecule has 128 valence electrons. The summed E-state index contributed by atoms with van der Waals surface area (Å²) >= 11 is 0. The summed E-state index contributed by atoms with van der Waals surface area (Å²) in [5.41, 5.74) is 0. The molecule has 0 rings (SSSR count). The molecule has 0 aromatic heterocycles. The molecule has 0 aliphatic rings. The number of aliphatic carboxylic acids is 1. The zero-order valence-electron chi connectivity index (χ0n) is 13.9. The van der Waals surface area contributed by atoms with Gasteiger partial charge >= 0.3 is 5.97 Å². The molecule has 0 aromatic rings. The van der Waals surface area contributed by atoms with E-state index in [1.165, 1.54) is 0 Å². The van der Waals surface area contributed by atoms with E-state index in [4.69, 9.17) is 10.4 Å². The zero-order chi connectivity index (χ0) is 16.5. The smallest absolute Gasteiger partial charge is 0.303 e. The third-order valence-electron chi connectivity index (χ3n) is 3.56. The molecule has 0 bridgehead atoms. The van der Waals surface area contributed by atoms with E-state index in [-0.39, 0.29) is 12.5 Å². The Morgan fingerprint density at radius 2 is 1.77 bits per heavy atom. The Morgan fingerprint density at radius 1 is 1.05 bits per heavy atom. The van der Waals surface area contributed by atoms with E-state index < -0.39 is 5.97 Å². The van der Waals surface area contributed by atoms with Crippen LogP contribution in [0.3, 0.4) is 0 Å². The predicted molar refractivity (Wildman–Crippen MR) is 89.9 cm³/mol. The summed E-state index contributed by atoms with van der Waals surface area (Å²) in [6.07, 6.45) is 18.5. The first-order valence-electron chi connectivity index (χ1n) is 8.56. The first-order chi connectivity index (χ1) is 10.7. The van der Waals surface area contributed by atoms with Crippen molar-refractivity contribution >= 4 is 5.97 Å². The summed E-state index contributed by atoms with van der Waals surface area (Å²) in [4.78, 5) is 14.8. The molecule has 1 unspecified atom stereocenters. The molecule has 0 radical (unpaired) electrons. The van der Waals surface area contributed by atoms with Crippen LogP contribution in [0.5, 0.6) is 0 Å². The van der Waals surface area contributed by atoms with E-state index in [0.29, 0.717) is 0 Å². The number of hydrogen-bond acceptors (Lipinski definition) is 3. The molecule has 0 amide bonds. The van der Waals surface area contributed by atoms with Crippen molar-refractivity contribution in [1.82, 2.24) is 0 Å². The normalized spacial score (nSPS) is 13.2. The Labute approximate surface area is 134 Å². The van der Waals surface area contributed by atoms with Crippen molar-refractivity contribution < 1.29 is 20.0 Å². The van der Waals surface area contributed by atoms with Crippen molar-refractivity contribution in [3.8, 4) is 0 Å². The van der Waals surface area contributed by atoms with E-state index in [0.717, 1.165) is 64.2 Å². The first kappa shape index (κ1) is 20.9. The third kappa shape index (κ3) is 15.3. The second kappa shape index (κ2) is 16.2. The summed E-state index contributed by atoms with van der Waals surface area (Å²) in [5, 5.41) is 17.3. The van der Waals surface area contributed by atoms with E-state index in [1.54, 1.807) is 0 Å². The van der Waals surface area contributed by atoms with Gasteiger partial charge in [-0.25, -0.2) is 4.89 Å². The van der Waals surface area contributed by atoms with Crippen LogP contribution >= 0.6 is 0 Å². The third-order valence-corrected chi connectivity index (χ3v) is 3.56. The Kier molecular flexibility index (Phi) is 15.4. The van der Waals surface area contributed by atoms with Gasteiger partial charge in [0.15, 0.2) is 0 Å². The van der Waals surface area contributed by atoms with Gasteiger partial charge in [-0.3, -0.25) is 10.1 Å². The van der Waals surface area contributed by atoms with Gasteiger partial charge in [0.2, 0.25) is 0 Å². The number of unbranched alkanes of at least 4 members (excludes halogenated alkanes) is 7. The van der Waals surface area contributed by atoms with Crippen molar-refractivity contribution in [2.75, 3.05) is 0 Å². The van der Waals surface area contributed by atoms with Crippen molar-refractivity contribution in [3.63, 3.8) is 0 Å². The molecule has 0 aliphatic carbocycles. The highest BCUT2D eigenvalue weighted by atomic mass is 17.1. The number of allylic oxidation sites excluding steroid dienone is 3. The van der Waals surface area contributed by atoms with Crippen molar-refractivity contribution in [1.29, 1.82) is 0 Å². The quantitative estimate of drug-likeness (QED) is 0.185. The van der Waals surface area contributed by atoms with E-state index in [1.807, 2.05) is 18.2 Å². The predicted octanol–water partition coefficient (Wildman–Crippen LogP) is 5.35. The van der Waals surface area contributed by atoms with Gasteiger partial charge in [-0.2, -0.15) is 0 Å². The second-order valence-corrected chi connectivity index (χ2v) is 5.65. The number of carboxylic acid groups (broad SMARTS) is 1. The Hall–Kier alpha value is -1.13. The highest BCUT2D eigenvalue weighted by Crippen LogP contribution is 2.09. The van der Waals surface area contributed by atoms with Gasteiger partial charge in [-0.05, 0) is 25.7 Å². The van der Waals surface area contributed by atoms with Crippen LogP contribution in [-0.2, 0) is 9.68 Å². The molecule has 0 aromatic carbocycles. The lowest BCUT2D eigenvalue weighted by atomic mass is 10.1. The average Bonchev–Trinajstić information content (AvgIpc) is 2.50. The molecule has 4 heteroatoms. The summed E-state index contributed by atoms with van der Waals surface area (Å²) in [7, 11) is 0. The van der Waals surface area contributed by atoms with Crippen LogP contribution in [-0.4, -0.2) is 22.4 Å². The summed E-state index contributed by atoms with van der Waals surface area (Å²) in [6, 6.07) is 0. The lowest BCUT2D eigenvalue weighted by molar-refractivity contribution is -0.267. The molecule has 1 atom stereocenters. The molecule has 0 fully saturated rings. The fraction of sp³-hybridized carbons (Fsp3) is 0.722. The molecule has 4 nitrogen and oxygen atoms in total. The van der Waals surface area contributed by atoms with Gasteiger partial charge in [-0.15, -0.1) is 0 Å².